The number of amides is 2. The van der Waals surface area contributed by atoms with Gasteiger partial charge in [0.15, 0.2) is 6.19 Å². The zero-order valence-corrected chi connectivity index (χ0v) is 9.25. The smallest absolute Gasteiger partial charge is 0.310 e. The lowest BCUT2D eigenvalue weighted by Gasteiger charge is -1.96. The van der Waals surface area contributed by atoms with E-state index in [-0.39, 0.29) is 5.91 Å². The van der Waals surface area contributed by atoms with Crippen LogP contribution in [-0.2, 0) is 4.79 Å². The Balaban J connectivity index is 0.000000304. The van der Waals surface area contributed by atoms with Crippen molar-refractivity contribution in [3.63, 3.8) is 0 Å². The van der Waals surface area contributed by atoms with Crippen molar-refractivity contribution in [2.45, 2.75) is 0 Å². The summed E-state index contributed by atoms with van der Waals surface area (Å²) in [7, 11) is 1.31. The number of hydrogen-bond donors (Lipinski definition) is 1. The van der Waals surface area contributed by atoms with E-state index in [0.29, 0.717) is 5.56 Å². The zero-order valence-electron chi connectivity index (χ0n) is 9.25. The average Bonchev–Trinajstić information content (AvgIpc) is 2.38. The molecule has 0 saturated heterocycles. The second kappa shape index (κ2) is 7.49. The Morgan fingerprint density at radius 2 is 1.88 bits per heavy atom. The lowest BCUT2D eigenvalue weighted by Crippen LogP contribution is -2.18. The van der Waals surface area contributed by atoms with Crippen LogP contribution in [0.2, 0.25) is 0 Å². The van der Waals surface area contributed by atoms with Crippen molar-refractivity contribution in [3.05, 3.63) is 35.9 Å². The monoisotopic (exact) mass is 229 g/mol. The normalized spacial score (nSPS) is 7.71. The summed E-state index contributed by atoms with van der Waals surface area (Å²) in [5, 5.41) is 8.00. The Bertz CT molecular complexity index is 469. The van der Waals surface area contributed by atoms with E-state index in [9.17, 15) is 9.59 Å². The van der Waals surface area contributed by atoms with E-state index in [1.54, 1.807) is 36.4 Å². The first-order valence-corrected chi connectivity index (χ1v) is 4.51. The van der Waals surface area contributed by atoms with Gasteiger partial charge in [0, 0.05) is 12.6 Å². The maximum absolute atomic E-state index is 10.4. The number of carbonyl (C=O) groups excluding carboxylic acids is 2. The lowest BCUT2D eigenvalue weighted by atomic mass is 10.2. The molecular weight excluding hydrogens is 218 g/mol. The Hall–Kier alpha value is -2.79. The van der Waals surface area contributed by atoms with Gasteiger partial charge in [-0.15, -0.1) is 6.42 Å². The fraction of sp³-hybridized carbons (Fsp3) is 0.0833. The number of primary amides is 1. The molecule has 0 unspecified atom stereocenters. The van der Waals surface area contributed by atoms with Crippen molar-refractivity contribution in [3.8, 4) is 18.5 Å². The molecule has 2 amide bonds. The van der Waals surface area contributed by atoms with Crippen LogP contribution in [0.1, 0.15) is 10.4 Å². The van der Waals surface area contributed by atoms with Gasteiger partial charge in [0.1, 0.15) is 0 Å². The number of nitrogens with two attached hydrogens (primary N) is 1. The van der Waals surface area contributed by atoms with Gasteiger partial charge in [0.05, 0.1) is 0 Å². The van der Waals surface area contributed by atoms with Gasteiger partial charge in [0.25, 0.3) is 0 Å². The molecule has 5 heteroatoms. The molecule has 86 valence electrons. The van der Waals surface area contributed by atoms with Gasteiger partial charge in [-0.3, -0.25) is 9.59 Å². The predicted molar refractivity (Wildman–Crippen MR) is 62.2 cm³/mol. The van der Waals surface area contributed by atoms with Crippen LogP contribution in [0.25, 0.3) is 0 Å². The molecular formula is C12H11N3O2. The van der Waals surface area contributed by atoms with Crippen molar-refractivity contribution < 1.29 is 9.59 Å². The van der Waals surface area contributed by atoms with Crippen LogP contribution >= 0.6 is 0 Å². The highest BCUT2D eigenvalue weighted by atomic mass is 16.2. The molecule has 0 bridgehead atoms. The minimum Gasteiger partial charge on any atom is -0.366 e. The molecule has 0 fully saturated rings. The third-order valence-electron chi connectivity index (χ3n) is 1.64. The summed E-state index contributed by atoms with van der Waals surface area (Å²) in [4.78, 5) is 21.4. The second-order valence-electron chi connectivity index (χ2n) is 2.84. The minimum atomic E-state index is -0.618. The zero-order chi connectivity index (χ0) is 13.3. The molecule has 0 atom stereocenters. The van der Waals surface area contributed by atoms with Crippen LogP contribution in [0.4, 0.5) is 0 Å². The van der Waals surface area contributed by atoms with E-state index in [1.807, 2.05) is 6.07 Å². The maximum atomic E-state index is 10.4. The van der Waals surface area contributed by atoms with Crippen LogP contribution in [0.15, 0.2) is 30.3 Å². The average molecular weight is 229 g/mol. The van der Waals surface area contributed by atoms with Crippen molar-refractivity contribution in [1.82, 2.24) is 4.90 Å². The molecule has 0 aliphatic carbocycles. The summed E-state index contributed by atoms with van der Waals surface area (Å²) in [6, 6.07) is 8.76. The molecule has 1 aromatic rings. The molecule has 0 radical (unpaired) electrons. The van der Waals surface area contributed by atoms with Crippen LogP contribution in [0.5, 0.6) is 0 Å². The first kappa shape index (κ1) is 14.2. The minimum absolute atomic E-state index is 0.379. The lowest BCUT2D eigenvalue weighted by molar-refractivity contribution is -0.121. The Morgan fingerprint density at radius 3 is 2.12 bits per heavy atom. The Labute approximate surface area is 99.4 Å². The van der Waals surface area contributed by atoms with Crippen LogP contribution in [0.3, 0.4) is 0 Å². The van der Waals surface area contributed by atoms with Gasteiger partial charge < -0.3 is 5.73 Å². The highest BCUT2D eigenvalue weighted by Gasteiger charge is 1.99. The number of benzene rings is 1. The third-order valence-corrected chi connectivity index (χ3v) is 1.64. The summed E-state index contributed by atoms with van der Waals surface area (Å²) in [6.45, 7) is 0. The topological polar surface area (TPSA) is 87.2 Å². The van der Waals surface area contributed by atoms with Gasteiger partial charge >= 0.3 is 5.91 Å². The van der Waals surface area contributed by atoms with Crippen LogP contribution in [0, 0.1) is 23.8 Å². The first-order chi connectivity index (χ1) is 8.02. The fourth-order valence-corrected chi connectivity index (χ4v) is 0.745. The number of carbonyl (C=O) groups is 2. The fourth-order valence-electron chi connectivity index (χ4n) is 0.745. The van der Waals surface area contributed by atoms with E-state index < -0.39 is 5.91 Å². The van der Waals surface area contributed by atoms with Crippen molar-refractivity contribution in [1.29, 1.82) is 5.26 Å². The largest absolute Gasteiger partial charge is 0.366 e. The standard InChI is InChI=1S/C7H7NO.C5H4N2O/c8-7(9)6-4-2-1-3-5-6;1-3-5(8)7(2)4-6/h1-5H,(H2,8,9);1H,2H3. The second-order valence-corrected chi connectivity index (χ2v) is 2.84. The first-order valence-electron chi connectivity index (χ1n) is 4.51. The third kappa shape index (κ3) is 5.60. The number of nitrogens with zero attached hydrogens (tertiary/aromatic N) is 2. The maximum Gasteiger partial charge on any atom is 0.310 e. The number of rotatable bonds is 1. The molecule has 17 heavy (non-hydrogen) atoms. The molecule has 0 spiro atoms. The molecule has 0 aromatic heterocycles. The van der Waals surface area contributed by atoms with E-state index in [2.05, 4.69) is 6.42 Å². The van der Waals surface area contributed by atoms with E-state index in [0.717, 1.165) is 4.90 Å². The SMILES string of the molecule is C#CC(=O)N(C)C#N.NC(=O)c1ccccc1. The molecule has 5 nitrogen and oxygen atoms in total. The molecule has 1 aromatic carbocycles. The summed E-state index contributed by atoms with van der Waals surface area (Å²) in [5.41, 5.74) is 5.53. The molecule has 0 heterocycles. The Morgan fingerprint density at radius 1 is 1.35 bits per heavy atom. The highest BCUT2D eigenvalue weighted by Crippen LogP contribution is 1.94. The van der Waals surface area contributed by atoms with Gasteiger partial charge in [-0.05, 0) is 18.1 Å². The van der Waals surface area contributed by atoms with E-state index in [4.69, 9.17) is 11.0 Å². The van der Waals surface area contributed by atoms with E-state index >= 15 is 0 Å². The predicted octanol–water partition coefficient (Wildman–Crippen LogP) is 0.345. The molecule has 2 N–H and O–H groups in total. The van der Waals surface area contributed by atoms with Gasteiger partial charge in [-0.2, -0.15) is 5.26 Å². The summed E-state index contributed by atoms with van der Waals surface area (Å²) in [6.07, 6.45) is 6.21. The van der Waals surface area contributed by atoms with Gasteiger partial charge in [-0.25, -0.2) is 4.90 Å². The quantitative estimate of drug-likeness (QED) is 0.428. The van der Waals surface area contributed by atoms with Gasteiger partial charge in [0.2, 0.25) is 5.91 Å². The van der Waals surface area contributed by atoms with Crippen LogP contribution in [-0.4, -0.2) is 23.8 Å². The molecule has 0 saturated carbocycles. The molecule has 0 aliphatic heterocycles. The summed E-state index contributed by atoms with van der Waals surface area (Å²) < 4.78 is 0. The van der Waals surface area contributed by atoms with Crippen LogP contribution < -0.4 is 5.73 Å². The van der Waals surface area contributed by atoms with Crippen molar-refractivity contribution >= 4 is 11.8 Å². The van der Waals surface area contributed by atoms with Crippen molar-refractivity contribution in [2.24, 2.45) is 5.73 Å². The van der Waals surface area contributed by atoms with Crippen molar-refractivity contribution in [2.75, 3.05) is 7.05 Å². The summed E-state index contributed by atoms with van der Waals surface area (Å²) >= 11 is 0. The Kier molecular flexibility index (Phi) is 6.26. The molecule has 0 aliphatic rings. The van der Waals surface area contributed by atoms with E-state index in [1.165, 1.54) is 7.05 Å². The van der Waals surface area contributed by atoms with Gasteiger partial charge in [-0.1, -0.05) is 18.2 Å². The number of nitriles is 1. The highest BCUT2D eigenvalue weighted by molar-refractivity contribution is 5.93. The molecule has 1 rings (SSSR count). The number of terminal acetylenes is 1. The summed E-state index contributed by atoms with van der Waals surface area (Å²) in [5.74, 6) is 0.783. The number of hydrogen-bond acceptors (Lipinski definition) is 3.